The third-order valence-corrected chi connectivity index (χ3v) is 2.56. The van der Waals surface area contributed by atoms with Gasteiger partial charge in [0.05, 0.1) is 16.7 Å². The summed E-state index contributed by atoms with van der Waals surface area (Å²) < 4.78 is 13.6. The number of nitrogens with one attached hydrogen (secondary N) is 1. The Hall–Kier alpha value is -1.69. The summed E-state index contributed by atoms with van der Waals surface area (Å²) in [6.07, 6.45) is 0. The Morgan fingerprint density at radius 2 is 2.18 bits per heavy atom. The lowest BCUT2D eigenvalue weighted by atomic mass is 10.0. The Morgan fingerprint density at radius 1 is 1.53 bits per heavy atom. The average Bonchev–Trinajstić information content (AvgIpc) is 2.26. The Bertz CT molecular complexity index is 410. The molecule has 0 bridgehead atoms. The quantitative estimate of drug-likeness (QED) is 0.611. The van der Waals surface area contributed by atoms with Gasteiger partial charge in [0, 0.05) is 18.7 Å². The highest BCUT2D eigenvalue weighted by Gasteiger charge is 2.15. The molecule has 5 nitrogen and oxygen atoms in total. The number of hydrogen-bond acceptors (Lipinski definition) is 4. The maximum atomic E-state index is 13.6. The Labute approximate surface area is 99.0 Å². The summed E-state index contributed by atoms with van der Waals surface area (Å²) in [4.78, 5) is 9.82. The van der Waals surface area contributed by atoms with Crippen LogP contribution >= 0.6 is 0 Å². The second kappa shape index (κ2) is 5.58. The lowest BCUT2D eigenvalue weighted by Gasteiger charge is -2.21. The SMILES string of the molecule is CC(C)C(CN)Nc1ccc([N+](=O)[O-])cc1F. The molecule has 0 aliphatic heterocycles. The zero-order valence-corrected chi connectivity index (χ0v) is 9.81. The molecule has 1 atom stereocenters. The van der Waals surface area contributed by atoms with Gasteiger partial charge in [-0.1, -0.05) is 13.8 Å². The van der Waals surface area contributed by atoms with E-state index in [-0.39, 0.29) is 23.3 Å². The molecular formula is C11H16FN3O2. The number of nitro benzene ring substituents is 1. The molecule has 0 amide bonds. The average molecular weight is 241 g/mol. The van der Waals surface area contributed by atoms with Gasteiger partial charge in [-0.25, -0.2) is 4.39 Å². The fraction of sp³-hybridized carbons (Fsp3) is 0.455. The van der Waals surface area contributed by atoms with Crippen LogP contribution in [0.4, 0.5) is 15.8 Å². The maximum Gasteiger partial charge on any atom is 0.272 e. The Kier molecular flexibility index (Phi) is 4.39. The molecule has 1 aromatic rings. The zero-order valence-electron chi connectivity index (χ0n) is 9.81. The monoisotopic (exact) mass is 241 g/mol. The first-order valence-electron chi connectivity index (χ1n) is 5.36. The van der Waals surface area contributed by atoms with Crippen LogP contribution in [0, 0.1) is 21.8 Å². The fourth-order valence-electron chi connectivity index (χ4n) is 1.43. The van der Waals surface area contributed by atoms with Gasteiger partial charge in [0.2, 0.25) is 0 Å². The number of nitrogens with zero attached hydrogens (tertiary/aromatic N) is 1. The van der Waals surface area contributed by atoms with Gasteiger partial charge in [0.15, 0.2) is 5.82 Å². The zero-order chi connectivity index (χ0) is 13.0. The Balaban J connectivity index is 2.89. The molecule has 1 rings (SSSR count). The molecule has 0 aromatic heterocycles. The van der Waals surface area contributed by atoms with Crippen LogP contribution in [0.5, 0.6) is 0 Å². The second-order valence-corrected chi connectivity index (χ2v) is 4.15. The molecule has 17 heavy (non-hydrogen) atoms. The number of non-ortho nitro benzene ring substituents is 1. The van der Waals surface area contributed by atoms with Crippen molar-refractivity contribution in [1.29, 1.82) is 0 Å². The van der Waals surface area contributed by atoms with Crippen LogP contribution in [-0.4, -0.2) is 17.5 Å². The van der Waals surface area contributed by atoms with Crippen molar-refractivity contribution in [2.24, 2.45) is 11.7 Å². The molecule has 0 aliphatic rings. The third kappa shape index (κ3) is 3.39. The molecular weight excluding hydrogens is 225 g/mol. The lowest BCUT2D eigenvalue weighted by molar-refractivity contribution is -0.385. The lowest BCUT2D eigenvalue weighted by Crippen LogP contribution is -2.34. The summed E-state index contributed by atoms with van der Waals surface area (Å²) in [5.41, 5.74) is 5.53. The van der Waals surface area contributed by atoms with Gasteiger partial charge in [0.25, 0.3) is 5.69 Å². The van der Waals surface area contributed by atoms with Crippen molar-refractivity contribution in [3.63, 3.8) is 0 Å². The number of anilines is 1. The predicted octanol–water partition coefficient (Wildman–Crippen LogP) is 2.13. The van der Waals surface area contributed by atoms with Gasteiger partial charge in [-0.05, 0) is 12.0 Å². The van der Waals surface area contributed by atoms with Gasteiger partial charge < -0.3 is 11.1 Å². The van der Waals surface area contributed by atoms with Gasteiger partial charge in [-0.2, -0.15) is 0 Å². The summed E-state index contributed by atoms with van der Waals surface area (Å²) >= 11 is 0. The van der Waals surface area contributed by atoms with E-state index in [2.05, 4.69) is 5.32 Å². The van der Waals surface area contributed by atoms with E-state index in [0.29, 0.717) is 6.54 Å². The van der Waals surface area contributed by atoms with Crippen LogP contribution in [0.15, 0.2) is 18.2 Å². The number of benzene rings is 1. The molecule has 1 unspecified atom stereocenters. The third-order valence-electron chi connectivity index (χ3n) is 2.56. The Morgan fingerprint density at radius 3 is 2.59 bits per heavy atom. The largest absolute Gasteiger partial charge is 0.378 e. The van der Waals surface area contributed by atoms with Crippen LogP contribution in [0.25, 0.3) is 0 Å². The van der Waals surface area contributed by atoms with Crippen molar-refractivity contribution in [2.45, 2.75) is 19.9 Å². The van der Waals surface area contributed by atoms with E-state index in [4.69, 9.17) is 5.73 Å². The van der Waals surface area contributed by atoms with Crippen LogP contribution in [-0.2, 0) is 0 Å². The maximum absolute atomic E-state index is 13.6. The van der Waals surface area contributed by atoms with Crippen molar-refractivity contribution >= 4 is 11.4 Å². The molecule has 0 aliphatic carbocycles. The second-order valence-electron chi connectivity index (χ2n) is 4.15. The molecule has 0 heterocycles. The van der Waals surface area contributed by atoms with Crippen molar-refractivity contribution < 1.29 is 9.31 Å². The van der Waals surface area contributed by atoms with E-state index in [9.17, 15) is 14.5 Å². The minimum atomic E-state index is -0.640. The highest BCUT2D eigenvalue weighted by molar-refractivity contribution is 5.50. The molecule has 0 fully saturated rings. The van der Waals surface area contributed by atoms with Crippen molar-refractivity contribution in [2.75, 3.05) is 11.9 Å². The summed E-state index contributed by atoms with van der Waals surface area (Å²) in [7, 11) is 0. The predicted molar refractivity (Wildman–Crippen MR) is 64.4 cm³/mol. The van der Waals surface area contributed by atoms with Gasteiger partial charge in [-0.3, -0.25) is 10.1 Å². The molecule has 0 spiro atoms. The van der Waals surface area contributed by atoms with Crippen molar-refractivity contribution in [1.82, 2.24) is 0 Å². The smallest absolute Gasteiger partial charge is 0.272 e. The topological polar surface area (TPSA) is 81.2 Å². The summed E-state index contributed by atoms with van der Waals surface area (Å²) in [6, 6.07) is 3.46. The molecule has 3 N–H and O–H groups in total. The molecule has 1 aromatic carbocycles. The van der Waals surface area contributed by atoms with Gasteiger partial charge in [-0.15, -0.1) is 0 Å². The highest BCUT2D eigenvalue weighted by Crippen LogP contribution is 2.22. The fourth-order valence-corrected chi connectivity index (χ4v) is 1.43. The standard InChI is InChI=1S/C11H16FN3O2/c1-7(2)11(6-13)14-10-4-3-8(15(16)17)5-9(10)12/h3-5,7,11,14H,6,13H2,1-2H3. The highest BCUT2D eigenvalue weighted by atomic mass is 19.1. The van der Waals surface area contributed by atoms with Crippen LogP contribution < -0.4 is 11.1 Å². The number of nitro groups is 1. The molecule has 6 heteroatoms. The van der Waals surface area contributed by atoms with E-state index in [1.807, 2.05) is 13.8 Å². The summed E-state index contributed by atoms with van der Waals surface area (Å²) in [5.74, 6) is -0.395. The number of rotatable bonds is 5. The van der Waals surface area contributed by atoms with Crippen LogP contribution in [0.3, 0.4) is 0 Å². The minimum Gasteiger partial charge on any atom is -0.378 e. The molecule has 94 valence electrons. The minimum absolute atomic E-state index is 0.0639. The number of halogens is 1. The molecule has 0 radical (unpaired) electrons. The summed E-state index contributed by atoms with van der Waals surface area (Å²) in [5, 5.41) is 13.4. The van der Waals surface area contributed by atoms with Crippen molar-refractivity contribution in [3.8, 4) is 0 Å². The van der Waals surface area contributed by atoms with Crippen molar-refractivity contribution in [3.05, 3.63) is 34.1 Å². The molecule has 0 saturated heterocycles. The van der Waals surface area contributed by atoms with E-state index >= 15 is 0 Å². The summed E-state index contributed by atoms with van der Waals surface area (Å²) in [6.45, 7) is 4.30. The molecule has 0 saturated carbocycles. The van der Waals surface area contributed by atoms with E-state index in [1.54, 1.807) is 0 Å². The number of nitrogens with two attached hydrogens (primary N) is 1. The van der Waals surface area contributed by atoms with Gasteiger partial charge in [0.1, 0.15) is 0 Å². The number of hydrogen-bond donors (Lipinski definition) is 2. The first-order valence-corrected chi connectivity index (χ1v) is 5.36. The van der Waals surface area contributed by atoms with E-state index in [0.717, 1.165) is 6.07 Å². The van der Waals surface area contributed by atoms with Crippen LogP contribution in [0.2, 0.25) is 0 Å². The van der Waals surface area contributed by atoms with Gasteiger partial charge >= 0.3 is 0 Å². The normalized spacial score (nSPS) is 12.5. The van der Waals surface area contributed by atoms with Crippen LogP contribution in [0.1, 0.15) is 13.8 Å². The van der Waals surface area contributed by atoms with E-state index < -0.39 is 10.7 Å². The first kappa shape index (κ1) is 13.4. The van der Waals surface area contributed by atoms with E-state index in [1.165, 1.54) is 12.1 Å². The first-order chi connectivity index (χ1) is 7.95.